The van der Waals surface area contributed by atoms with Crippen LogP contribution in [0.5, 0.6) is 0 Å². The zero-order valence-electron chi connectivity index (χ0n) is 10.4. The van der Waals surface area contributed by atoms with Gasteiger partial charge in [0.25, 0.3) is 5.91 Å². The average Bonchev–Trinajstić information content (AvgIpc) is 2.37. The highest BCUT2D eigenvalue weighted by Crippen LogP contribution is 2.36. The van der Waals surface area contributed by atoms with E-state index in [4.69, 9.17) is 10.2 Å². The van der Waals surface area contributed by atoms with Crippen molar-refractivity contribution in [3.05, 3.63) is 29.8 Å². The van der Waals surface area contributed by atoms with Crippen LogP contribution in [0.1, 0.15) is 10.4 Å². The van der Waals surface area contributed by atoms with E-state index in [-0.39, 0.29) is 48.5 Å². The van der Waals surface area contributed by atoms with Gasteiger partial charge in [-0.25, -0.2) is 0 Å². The summed E-state index contributed by atoms with van der Waals surface area (Å²) in [4.78, 5) is 13.2. The highest BCUT2D eigenvalue weighted by atomic mass is 32.2. The van der Waals surface area contributed by atoms with Crippen molar-refractivity contribution in [1.82, 2.24) is 4.90 Å². The highest BCUT2D eigenvalue weighted by Gasteiger charge is 2.29. The molecule has 0 spiro atoms. The molecule has 0 atom stereocenters. The van der Waals surface area contributed by atoms with Crippen molar-refractivity contribution in [3.63, 3.8) is 0 Å². The smallest absolute Gasteiger partial charge is 0.395 e. The zero-order valence-corrected chi connectivity index (χ0v) is 11.2. The Labute approximate surface area is 118 Å². The van der Waals surface area contributed by atoms with Crippen LogP contribution in [0.3, 0.4) is 0 Å². The van der Waals surface area contributed by atoms with Crippen molar-refractivity contribution in [1.29, 1.82) is 0 Å². The zero-order chi connectivity index (χ0) is 15.2. The molecule has 20 heavy (non-hydrogen) atoms. The second-order valence-electron chi connectivity index (χ2n) is 3.81. The molecule has 1 aromatic carbocycles. The monoisotopic (exact) mass is 309 g/mol. The molecule has 0 aliphatic carbocycles. The number of thioether (sulfide) groups is 1. The fraction of sp³-hybridized carbons (Fsp3) is 0.417. The normalized spacial score (nSPS) is 11.4. The van der Waals surface area contributed by atoms with Gasteiger partial charge in [0.2, 0.25) is 0 Å². The van der Waals surface area contributed by atoms with Gasteiger partial charge in [0.05, 0.1) is 13.2 Å². The van der Waals surface area contributed by atoms with Crippen LogP contribution in [-0.4, -0.2) is 52.8 Å². The number of aliphatic hydroxyl groups is 2. The molecule has 0 aliphatic rings. The Hall–Kier alpha value is -1.25. The van der Waals surface area contributed by atoms with Gasteiger partial charge in [-0.3, -0.25) is 4.79 Å². The summed E-state index contributed by atoms with van der Waals surface area (Å²) in [6.07, 6.45) is 0. The van der Waals surface area contributed by atoms with E-state index in [1.165, 1.54) is 29.2 Å². The number of halogens is 3. The first-order valence-corrected chi connectivity index (χ1v) is 6.56. The number of alkyl halides is 3. The Morgan fingerprint density at radius 1 is 1.10 bits per heavy atom. The molecule has 0 radical (unpaired) electrons. The van der Waals surface area contributed by atoms with Crippen LogP contribution in [0.4, 0.5) is 13.2 Å². The largest absolute Gasteiger partial charge is 0.446 e. The topological polar surface area (TPSA) is 60.8 Å². The van der Waals surface area contributed by atoms with Crippen molar-refractivity contribution in [2.45, 2.75) is 10.4 Å². The van der Waals surface area contributed by atoms with E-state index in [1.807, 2.05) is 0 Å². The number of hydrogen-bond acceptors (Lipinski definition) is 4. The number of carbonyl (C=O) groups excluding carboxylic acids is 1. The van der Waals surface area contributed by atoms with Crippen LogP contribution in [0.25, 0.3) is 0 Å². The van der Waals surface area contributed by atoms with E-state index in [0.717, 1.165) is 0 Å². The lowest BCUT2D eigenvalue weighted by Gasteiger charge is -2.20. The van der Waals surface area contributed by atoms with E-state index >= 15 is 0 Å². The van der Waals surface area contributed by atoms with Crippen molar-refractivity contribution >= 4 is 17.7 Å². The summed E-state index contributed by atoms with van der Waals surface area (Å²) in [7, 11) is 0. The first-order chi connectivity index (χ1) is 9.37. The molecule has 1 amide bonds. The number of carbonyl (C=O) groups is 1. The van der Waals surface area contributed by atoms with Crippen LogP contribution in [0, 0.1) is 0 Å². The fourth-order valence-electron chi connectivity index (χ4n) is 1.54. The summed E-state index contributed by atoms with van der Waals surface area (Å²) >= 11 is -0.255. The first kappa shape index (κ1) is 16.8. The Morgan fingerprint density at radius 3 is 2.00 bits per heavy atom. The van der Waals surface area contributed by atoms with Crippen molar-refractivity contribution in [3.8, 4) is 0 Å². The number of nitrogens with zero attached hydrogens (tertiary/aromatic N) is 1. The van der Waals surface area contributed by atoms with Gasteiger partial charge in [-0.2, -0.15) is 13.2 Å². The molecule has 1 rings (SSSR count). The summed E-state index contributed by atoms with van der Waals surface area (Å²) in [6, 6.07) is 5.00. The third-order valence-corrected chi connectivity index (χ3v) is 3.10. The molecular weight excluding hydrogens is 295 g/mol. The number of rotatable bonds is 6. The number of aliphatic hydroxyl groups excluding tert-OH is 2. The van der Waals surface area contributed by atoms with Gasteiger partial charge >= 0.3 is 5.51 Å². The van der Waals surface area contributed by atoms with Gasteiger partial charge in [-0.05, 0) is 36.0 Å². The minimum absolute atomic E-state index is 0.00934. The molecule has 1 aromatic rings. The highest BCUT2D eigenvalue weighted by molar-refractivity contribution is 8.00. The predicted octanol–water partition coefficient (Wildman–Crippen LogP) is 1.73. The Morgan fingerprint density at radius 2 is 1.60 bits per heavy atom. The fourth-order valence-corrected chi connectivity index (χ4v) is 2.08. The molecule has 8 heteroatoms. The third kappa shape index (κ3) is 5.40. The van der Waals surface area contributed by atoms with Gasteiger partial charge in [-0.1, -0.05) is 0 Å². The number of amides is 1. The van der Waals surface area contributed by atoms with Crippen LogP contribution < -0.4 is 0 Å². The van der Waals surface area contributed by atoms with Gasteiger partial charge < -0.3 is 15.1 Å². The van der Waals surface area contributed by atoms with E-state index in [9.17, 15) is 18.0 Å². The molecule has 0 aliphatic heterocycles. The summed E-state index contributed by atoms with van der Waals surface area (Å²) in [6.45, 7) is -0.404. The number of hydrogen-bond donors (Lipinski definition) is 2. The lowest BCUT2D eigenvalue weighted by atomic mass is 10.2. The Bertz CT molecular complexity index is 431. The minimum atomic E-state index is -4.37. The van der Waals surface area contributed by atoms with Crippen LogP contribution >= 0.6 is 11.8 Å². The maximum atomic E-state index is 12.2. The Kier molecular flexibility index (Phi) is 6.31. The van der Waals surface area contributed by atoms with Crippen LogP contribution in [0.15, 0.2) is 29.2 Å². The quantitative estimate of drug-likeness (QED) is 0.786. The summed E-state index contributed by atoms with van der Waals surface area (Å²) in [5.41, 5.74) is -4.16. The lowest BCUT2D eigenvalue weighted by Crippen LogP contribution is -2.35. The van der Waals surface area contributed by atoms with E-state index < -0.39 is 11.4 Å². The molecule has 0 fully saturated rings. The molecule has 2 N–H and O–H groups in total. The summed E-state index contributed by atoms with van der Waals surface area (Å²) in [5, 5.41) is 17.7. The lowest BCUT2D eigenvalue weighted by molar-refractivity contribution is -0.0328. The second kappa shape index (κ2) is 7.51. The molecular formula is C12H14F3NO3S. The van der Waals surface area contributed by atoms with Crippen LogP contribution in [0.2, 0.25) is 0 Å². The maximum absolute atomic E-state index is 12.2. The van der Waals surface area contributed by atoms with Gasteiger partial charge in [0.15, 0.2) is 0 Å². The standard InChI is InChI=1S/C12H14F3NO3S/c13-12(14,15)20-10-3-1-9(2-4-10)11(19)16(5-7-17)6-8-18/h1-4,17-18H,5-8H2. The Balaban J connectivity index is 2.78. The number of benzene rings is 1. The summed E-state index contributed by atoms with van der Waals surface area (Å²) < 4.78 is 36.5. The van der Waals surface area contributed by atoms with E-state index in [0.29, 0.717) is 0 Å². The van der Waals surface area contributed by atoms with Gasteiger partial charge in [0.1, 0.15) is 0 Å². The van der Waals surface area contributed by atoms with Gasteiger partial charge in [-0.15, -0.1) is 0 Å². The summed E-state index contributed by atoms with van der Waals surface area (Å²) in [5.74, 6) is -0.448. The molecule has 0 heterocycles. The maximum Gasteiger partial charge on any atom is 0.446 e. The molecule has 0 aromatic heterocycles. The SMILES string of the molecule is O=C(c1ccc(SC(F)(F)F)cc1)N(CCO)CCO. The van der Waals surface area contributed by atoms with E-state index in [1.54, 1.807) is 0 Å². The first-order valence-electron chi connectivity index (χ1n) is 5.74. The third-order valence-electron chi connectivity index (χ3n) is 2.36. The molecule has 112 valence electrons. The molecule has 4 nitrogen and oxygen atoms in total. The average molecular weight is 309 g/mol. The predicted molar refractivity (Wildman–Crippen MR) is 68.4 cm³/mol. The molecule has 0 saturated heterocycles. The van der Waals surface area contributed by atoms with Crippen LogP contribution in [-0.2, 0) is 0 Å². The second-order valence-corrected chi connectivity index (χ2v) is 4.95. The van der Waals surface area contributed by atoms with Crippen molar-refractivity contribution < 1.29 is 28.2 Å². The molecule has 0 unspecified atom stereocenters. The van der Waals surface area contributed by atoms with Crippen molar-refractivity contribution in [2.75, 3.05) is 26.3 Å². The van der Waals surface area contributed by atoms with E-state index in [2.05, 4.69) is 0 Å². The van der Waals surface area contributed by atoms with Crippen molar-refractivity contribution in [2.24, 2.45) is 0 Å². The van der Waals surface area contributed by atoms with Gasteiger partial charge in [0, 0.05) is 23.5 Å². The minimum Gasteiger partial charge on any atom is -0.395 e. The molecule has 0 bridgehead atoms. The molecule has 0 saturated carbocycles.